The Labute approximate surface area is 117 Å². The van der Waals surface area contributed by atoms with Crippen molar-refractivity contribution in [3.63, 3.8) is 0 Å². The Balaban J connectivity index is 2.16. The Morgan fingerprint density at radius 2 is 2.05 bits per heavy atom. The number of rotatable bonds is 6. The van der Waals surface area contributed by atoms with Gasteiger partial charge in [0, 0.05) is 24.7 Å². The van der Waals surface area contributed by atoms with Crippen molar-refractivity contribution in [3.05, 3.63) is 35.1 Å². The minimum atomic E-state index is -1.05. The first-order valence-electron chi connectivity index (χ1n) is 6.98. The summed E-state index contributed by atoms with van der Waals surface area (Å²) in [6.45, 7) is 0.857. The zero-order valence-corrected chi connectivity index (χ0v) is 11.4. The van der Waals surface area contributed by atoms with Crippen molar-refractivity contribution < 1.29 is 19.4 Å². The summed E-state index contributed by atoms with van der Waals surface area (Å²) in [5.74, 6) is -1.45. The first-order chi connectivity index (χ1) is 9.61. The quantitative estimate of drug-likeness (QED) is 0.839. The maximum absolute atomic E-state index is 13.8. The topological polar surface area (TPSA) is 60.8 Å². The summed E-state index contributed by atoms with van der Waals surface area (Å²) in [5.41, 5.74) is 0.474. The molecule has 0 aliphatic heterocycles. The monoisotopic (exact) mass is 281 g/mol. The summed E-state index contributed by atoms with van der Waals surface area (Å²) in [5, 5.41) is 18.1. The molecule has 4 nitrogen and oxygen atoms in total. The molecule has 0 saturated heterocycles. The number of aliphatic hydroxyl groups excluding tert-OH is 1. The summed E-state index contributed by atoms with van der Waals surface area (Å²) in [6.07, 6.45) is 4.43. The summed E-state index contributed by atoms with van der Waals surface area (Å²) < 4.78 is 13.8. The van der Waals surface area contributed by atoms with Crippen molar-refractivity contribution >= 4 is 5.97 Å². The van der Waals surface area contributed by atoms with Crippen LogP contribution in [0.1, 0.15) is 41.6 Å². The molecule has 20 heavy (non-hydrogen) atoms. The highest BCUT2D eigenvalue weighted by atomic mass is 19.1. The average molecular weight is 281 g/mol. The van der Waals surface area contributed by atoms with Gasteiger partial charge in [0.1, 0.15) is 5.82 Å². The van der Waals surface area contributed by atoms with Gasteiger partial charge in [-0.3, -0.25) is 4.90 Å². The predicted molar refractivity (Wildman–Crippen MR) is 73.1 cm³/mol. The van der Waals surface area contributed by atoms with Gasteiger partial charge in [-0.15, -0.1) is 0 Å². The lowest BCUT2D eigenvalue weighted by molar-refractivity contribution is 0.0696. The Hall–Kier alpha value is -1.46. The van der Waals surface area contributed by atoms with Crippen molar-refractivity contribution in [1.82, 2.24) is 4.90 Å². The summed E-state index contributed by atoms with van der Waals surface area (Å²) in [4.78, 5) is 13.0. The lowest BCUT2D eigenvalue weighted by Gasteiger charge is -2.28. The highest BCUT2D eigenvalue weighted by molar-refractivity contribution is 5.87. The van der Waals surface area contributed by atoms with Gasteiger partial charge in [-0.1, -0.05) is 12.8 Å². The summed E-state index contributed by atoms with van der Waals surface area (Å²) in [7, 11) is 0. The molecule has 2 rings (SSSR count). The first-order valence-corrected chi connectivity index (χ1v) is 6.98. The van der Waals surface area contributed by atoms with Crippen LogP contribution in [0.4, 0.5) is 4.39 Å². The molecule has 0 radical (unpaired) electrons. The van der Waals surface area contributed by atoms with E-state index in [9.17, 15) is 9.18 Å². The van der Waals surface area contributed by atoms with E-state index in [1.54, 1.807) is 0 Å². The molecule has 0 atom stereocenters. The molecule has 1 aliphatic carbocycles. The van der Waals surface area contributed by atoms with E-state index < -0.39 is 11.8 Å². The maximum atomic E-state index is 13.8. The van der Waals surface area contributed by atoms with Crippen LogP contribution >= 0.6 is 0 Å². The van der Waals surface area contributed by atoms with Gasteiger partial charge in [0.05, 0.1) is 12.2 Å². The van der Waals surface area contributed by atoms with E-state index in [-0.39, 0.29) is 12.2 Å². The molecule has 1 saturated carbocycles. The molecule has 2 N–H and O–H groups in total. The number of hydrogen-bond donors (Lipinski definition) is 2. The molecule has 1 fully saturated rings. The standard InChI is InChI=1S/C15H20FNO3/c16-14-6-5-11(15(19)20)9-12(14)10-17(7-8-18)13-3-1-2-4-13/h5-6,9,13,18H,1-4,7-8,10H2,(H,19,20). The van der Waals surface area contributed by atoms with Crippen molar-refractivity contribution in [2.75, 3.05) is 13.2 Å². The predicted octanol–water partition coefficient (Wildman–Crippen LogP) is 2.26. The highest BCUT2D eigenvalue weighted by Gasteiger charge is 2.23. The molecule has 0 spiro atoms. The molecule has 0 amide bonds. The molecule has 1 aliphatic rings. The van der Waals surface area contributed by atoms with E-state index >= 15 is 0 Å². The zero-order valence-electron chi connectivity index (χ0n) is 11.4. The maximum Gasteiger partial charge on any atom is 0.335 e. The van der Waals surface area contributed by atoms with E-state index in [1.165, 1.54) is 18.2 Å². The SMILES string of the molecule is O=C(O)c1ccc(F)c(CN(CCO)C2CCCC2)c1. The third kappa shape index (κ3) is 3.55. The second-order valence-electron chi connectivity index (χ2n) is 5.24. The fourth-order valence-electron chi connectivity index (χ4n) is 2.84. The van der Waals surface area contributed by atoms with Crippen LogP contribution in [0.3, 0.4) is 0 Å². The van der Waals surface area contributed by atoms with Gasteiger partial charge in [0.15, 0.2) is 0 Å². The number of benzene rings is 1. The zero-order chi connectivity index (χ0) is 14.5. The van der Waals surface area contributed by atoms with Gasteiger partial charge in [-0.2, -0.15) is 0 Å². The van der Waals surface area contributed by atoms with E-state index in [4.69, 9.17) is 10.2 Å². The van der Waals surface area contributed by atoms with Gasteiger partial charge >= 0.3 is 5.97 Å². The minimum absolute atomic E-state index is 0.0245. The number of nitrogens with zero attached hydrogens (tertiary/aromatic N) is 1. The first kappa shape index (κ1) is 14.9. The lowest BCUT2D eigenvalue weighted by Crippen LogP contribution is -2.35. The van der Waals surface area contributed by atoms with Crippen LogP contribution in [0.5, 0.6) is 0 Å². The van der Waals surface area contributed by atoms with Crippen LogP contribution in [0.25, 0.3) is 0 Å². The number of aromatic carboxylic acids is 1. The normalized spacial score (nSPS) is 15.9. The van der Waals surface area contributed by atoms with E-state index in [0.29, 0.717) is 24.7 Å². The summed E-state index contributed by atoms with van der Waals surface area (Å²) in [6, 6.07) is 4.21. The molecule has 0 aromatic heterocycles. The lowest BCUT2D eigenvalue weighted by atomic mass is 10.1. The Morgan fingerprint density at radius 1 is 1.35 bits per heavy atom. The van der Waals surface area contributed by atoms with E-state index in [1.807, 2.05) is 0 Å². The largest absolute Gasteiger partial charge is 0.478 e. The van der Waals surface area contributed by atoms with Crippen molar-refractivity contribution in [3.8, 4) is 0 Å². The molecule has 5 heteroatoms. The Morgan fingerprint density at radius 3 is 2.65 bits per heavy atom. The van der Waals surface area contributed by atoms with Crippen molar-refractivity contribution in [2.45, 2.75) is 38.3 Å². The molecular weight excluding hydrogens is 261 g/mol. The number of aliphatic hydroxyl groups is 1. The van der Waals surface area contributed by atoms with E-state index in [0.717, 1.165) is 25.7 Å². The third-order valence-corrected chi connectivity index (χ3v) is 3.89. The van der Waals surface area contributed by atoms with Crippen LogP contribution < -0.4 is 0 Å². The van der Waals surface area contributed by atoms with Gasteiger partial charge in [0.25, 0.3) is 0 Å². The minimum Gasteiger partial charge on any atom is -0.478 e. The van der Waals surface area contributed by atoms with Gasteiger partial charge in [-0.05, 0) is 31.0 Å². The smallest absolute Gasteiger partial charge is 0.335 e. The second kappa shape index (κ2) is 6.81. The Kier molecular flexibility index (Phi) is 5.09. The fraction of sp³-hybridized carbons (Fsp3) is 0.533. The van der Waals surface area contributed by atoms with Crippen molar-refractivity contribution in [2.24, 2.45) is 0 Å². The number of carbonyl (C=O) groups is 1. The third-order valence-electron chi connectivity index (χ3n) is 3.89. The number of halogens is 1. The van der Waals surface area contributed by atoms with Crippen LogP contribution in [0, 0.1) is 5.82 Å². The molecule has 0 unspecified atom stereocenters. The number of hydrogen-bond acceptors (Lipinski definition) is 3. The van der Waals surface area contributed by atoms with E-state index in [2.05, 4.69) is 4.90 Å². The average Bonchev–Trinajstić information content (AvgIpc) is 2.94. The molecular formula is C15H20FNO3. The molecule has 1 aromatic rings. The van der Waals surface area contributed by atoms with Crippen LogP contribution in [0.2, 0.25) is 0 Å². The van der Waals surface area contributed by atoms with Gasteiger partial charge in [0.2, 0.25) is 0 Å². The van der Waals surface area contributed by atoms with Crippen molar-refractivity contribution in [1.29, 1.82) is 0 Å². The molecule has 1 aromatic carbocycles. The number of carboxylic acid groups (broad SMARTS) is 1. The van der Waals surface area contributed by atoms with Crippen LogP contribution in [0.15, 0.2) is 18.2 Å². The van der Waals surface area contributed by atoms with Gasteiger partial charge < -0.3 is 10.2 Å². The fourth-order valence-corrected chi connectivity index (χ4v) is 2.84. The second-order valence-corrected chi connectivity index (χ2v) is 5.24. The Bertz CT molecular complexity index is 472. The summed E-state index contributed by atoms with van der Waals surface area (Å²) >= 11 is 0. The molecule has 110 valence electrons. The molecule has 0 heterocycles. The van der Waals surface area contributed by atoms with Crippen LogP contribution in [-0.2, 0) is 6.54 Å². The molecule has 0 bridgehead atoms. The van der Waals surface area contributed by atoms with Gasteiger partial charge in [-0.25, -0.2) is 9.18 Å². The highest BCUT2D eigenvalue weighted by Crippen LogP contribution is 2.25. The van der Waals surface area contributed by atoms with Crippen LogP contribution in [-0.4, -0.2) is 40.3 Å². The number of carboxylic acids is 1.